The molecule has 0 N–H and O–H groups in total. The topological polar surface area (TPSA) is 101 Å². The Balaban J connectivity index is 1.64. The van der Waals surface area contributed by atoms with E-state index < -0.39 is 20.2 Å². The lowest BCUT2D eigenvalue weighted by Gasteiger charge is -2.26. The fraction of sp³-hybridized carbons (Fsp3) is 0.394. The van der Waals surface area contributed by atoms with Crippen molar-refractivity contribution in [1.82, 2.24) is 0 Å². The van der Waals surface area contributed by atoms with Gasteiger partial charge in [0.2, 0.25) is 0 Å². The van der Waals surface area contributed by atoms with Crippen molar-refractivity contribution in [3.8, 4) is 5.75 Å². The highest BCUT2D eigenvalue weighted by atomic mass is 32.2. The predicted molar refractivity (Wildman–Crippen MR) is 160 cm³/mol. The summed E-state index contributed by atoms with van der Waals surface area (Å²) in [5, 5.41) is 2.45. The summed E-state index contributed by atoms with van der Waals surface area (Å²) in [6.45, 7) is 3.66. The molecule has 0 heterocycles. The van der Waals surface area contributed by atoms with E-state index in [0.29, 0.717) is 10.9 Å². The first-order valence-corrected chi connectivity index (χ1v) is 17.4. The van der Waals surface area contributed by atoms with Crippen LogP contribution in [0.25, 0.3) is 21.5 Å². The predicted octanol–water partition coefficient (Wildman–Crippen LogP) is 8.10. The van der Waals surface area contributed by atoms with Gasteiger partial charge >= 0.3 is 10.1 Å². The Labute approximate surface area is 242 Å². The van der Waals surface area contributed by atoms with Gasteiger partial charge in [-0.1, -0.05) is 88.1 Å². The van der Waals surface area contributed by atoms with Crippen LogP contribution in [0.1, 0.15) is 99.7 Å². The minimum Gasteiger partial charge on any atom is -0.744 e. The van der Waals surface area contributed by atoms with Crippen molar-refractivity contribution >= 4 is 41.8 Å². The van der Waals surface area contributed by atoms with Crippen LogP contribution in [0.5, 0.6) is 5.75 Å². The van der Waals surface area contributed by atoms with Crippen molar-refractivity contribution in [2.24, 2.45) is 0 Å². The maximum atomic E-state index is 14.7. The first-order valence-electron chi connectivity index (χ1n) is 14.6. The Bertz CT molecular complexity index is 1850. The molecule has 2 aliphatic carbocycles. The highest BCUT2D eigenvalue weighted by Gasteiger charge is 2.36. The Morgan fingerprint density at radius 3 is 1.93 bits per heavy atom. The number of fused-ring (bicyclic) bond motifs is 2. The van der Waals surface area contributed by atoms with Gasteiger partial charge in [-0.3, -0.25) is 0 Å². The molecule has 2 aliphatic rings. The van der Waals surface area contributed by atoms with Crippen molar-refractivity contribution in [1.29, 1.82) is 0 Å². The normalized spacial score (nSPS) is 17.3. The Hall–Kier alpha value is -2.94. The largest absolute Gasteiger partial charge is 0.744 e. The fourth-order valence-corrected chi connectivity index (χ4v) is 9.30. The molecule has 4 aromatic rings. The van der Waals surface area contributed by atoms with Gasteiger partial charge in [-0.15, -0.1) is 0 Å². The summed E-state index contributed by atoms with van der Waals surface area (Å²) >= 11 is 0. The Morgan fingerprint density at radius 2 is 1.32 bits per heavy atom. The number of hydrogen-bond acceptors (Lipinski definition) is 6. The molecule has 2 fully saturated rings. The van der Waals surface area contributed by atoms with E-state index in [0.717, 1.165) is 73.3 Å². The van der Waals surface area contributed by atoms with Gasteiger partial charge in [0.1, 0.15) is 15.0 Å². The lowest BCUT2D eigenvalue weighted by molar-refractivity contribution is 0.463. The lowest BCUT2D eigenvalue weighted by Crippen LogP contribution is -2.19. The quantitative estimate of drug-likeness (QED) is 0.159. The second-order valence-electron chi connectivity index (χ2n) is 11.9. The SMILES string of the molecule is CC(C)c1cc(S(=O)(=O)[O-])c2ccccc2c1OS(=O)(=O)c1c(C2CCCC2)cc2ccccc2c1C1CCCC1. The molecule has 0 unspecified atom stereocenters. The van der Waals surface area contributed by atoms with Crippen LogP contribution in [0.4, 0.5) is 0 Å². The van der Waals surface area contributed by atoms with E-state index in [-0.39, 0.29) is 38.7 Å². The van der Waals surface area contributed by atoms with Crippen LogP contribution in [0, 0.1) is 0 Å². The third kappa shape index (κ3) is 5.15. The highest BCUT2D eigenvalue weighted by Crippen LogP contribution is 2.48. The van der Waals surface area contributed by atoms with Gasteiger partial charge in [0.05, 0.1) is 4.90 Å². The lowest BCUT2D eigenvalue weighted by atomic mass is 9.86. The van der Waals surface area contributed by atoms with Crippen molar-refractivity contribution in [3.63, 3.8) is 0 Å². The summed E-state index contributed by atoms with van der Waals surface area (Å²) in [5.41, 5.74) is 2.06. The van der Waals surface area contributed by atoms with Crippen LogP contribution in [0.3, 0.4) is 0 Å². The average molecular weight is 592 g/mol. The van der Waals surface area contributed by atoms with Crippen molar-refractivity contribution in [2.75, 3.05) is 0 Å². The number of benzene rings is 4. The molecule has 0 radical (unpaired) electrons. The van der Waals surface area contributed by atoms with Gasteiger partial charge in [-0.05, 0) is 77.5 Å². The van der Waals surface area contributed by atoms with E-state index in [1.165, 1.54) is 12.1 Å². The first-order chi connectivity index (χ1) is 19.6. The van der Waals surface area contributed by atoms with Crippen LogP contribution in [0.15, 0.2) is 70.5 Å². The highest BCUT2D eigenvalue weighted by molar-refractivity contribution is 7.87. The molecule has 6 rings (SSSR count). The molecule has 0 aliphatic heterocycles. The molecule has 4 aromatic carbocycles. The van der Waals surface area contributed by atoms with Gasteiger partial charge in [0.25, 0.3) is 0 Å². The zero-order chi connectivity index (χ0) is 28.9. The zero-order valence-corrected chi connectivity index (χ0v) is 25.1. The maximum Gasteiger partial charge on any atom is 0.339 e. The molecule has 216 valence electrons. The molecular formula is C33H35O6S2-. The van der Waals surface area contributed by atoms with Gasteiger partial charge in [0.15, 0.2) is 5.75 Å². The standard InChI is InChI=1S/C33H36O6S2/c1-21(2)28-20-30(40(34,35)36)26-17-9-10-18-27(26)32(28)39-41(37,38)33-29(22-11-3-4-12-22)19-24-15-7-8-16-25(24)31(33)23-13-5-6-14-23/h7-10,15-23H,3-6,11-14H2,1-2H3,(H,34,35,36)/p-1. The molecule has 0 amide bonds. The van der Waals surface area contributed by atoms with Crippen molar-refractivity contribution in [3.05, 3.63) is 77.4 Å². The maximum absolute atomic E-state index is 14.7. The Kier molecular flexibility index (Phi) is 7.37. The summed E-state index contributed by atoms with van der Waals surface area (Å²) in [4.78, 5) is -0.0835. The van der Waals surface area contributed by atoms with Crippen LogP contribution in [0.2, 0.25) is 0 Å². The monoisotopic (exact) mass is 591 g/mol. The van der Waals surface area contributed by atoms with E-state index in [4.69, 9.17) is 4.18 Å². The Morgan fingerprint density at radius 1 is 0.756 bits per heavy atom. The van der Waals surface area contributed by atoms with E-state index in [1.807, 2.05) is 32.0 Å². The van der Waals surface area contributed by atoms with E-state index >= 15 is 0 Å². The molecule has 0 aromatic heterocycles. The molecule has 0 saturated heterocycles. The minimum atomic E-state index is -4.81. The van der Waals surface area contributed by atoms with Gasteiger partial charge in [-0.25, -0.2) is 8.42 Å². The molecule has 8 heteroatoms. The smallest absolute Gasteiger partial charge is 0.339 e. The average Bonchev–Trinajstić information content (AvgIpc) is 3.66. The van der Waals surface area contributed by atoms with Crippen LogP contribution >= 0.6 is 0 Å². The number of hydrogen-bond donors (Lipinski definition) is 0. The summed E-state index contributed by atoms with van der Waals surface area (Å²) in [6, 6.07) is 17.8. The molecule has 2 saturated carbocycles. The molecule has 41 heavy (non-hydrogen) atoms. The summed E-state index contributed by atoms with van der Waals surface area (Å²) in [7, 11) is -9.18. The minimum absolute atomic E-state index is 0.0888. The van der Waals surface area contributed by atoms with Crippen molar-refractivity contribution in [2.45, 2.75) is 92.8 Å². The molecule has 0 bridgehead atoms. The third-order valence-electron chi connectivity index (χ3n) is 8.95. The summed E-state index contributed by atoms with van der Waals surface area (Å²) < 4.78 is 72.3. The first kappa shape index (κ1) is 28.2. The summed E-state index contributed by atoms with van der Waals surface area (Å²) in [6.07, 6.45) is 7.95. The molecular weight excluding hydrogens is 556 g/mol. The second-order valence-corrected chi connectivity index (χ2v) is 14.7. The summed E-state index contributed by atoms with van der Waals surface area (Å²) in [5.74, 6) is 0.0303. The zero-order valence-electron chi connectivity index (χ0n) is 23.4. The van der Waals surface area contributed by atoms with Crippen molar-refractivity contribution < 1.29 is 25.6 Å². The number of rotatable bonds is 7. The molecule has 6 nitrogen and oxygen atoms in total. The third-order valence-corrected chi connectivity index (χ3v) is 11.2. The van der Waals surface area contributed by atoms with E-state index in [2.05, 4.69) is 12.1 Å². The van der Waals surface area contributed by atoms with Crippen LogP contribution in [-0.2, 0) is 20.2 Å². The second kappa shape index (κ2) is 10.7. The van der Waals surface area contributed by atoms with Gasteiger partial charge < -0.3 is 8.74 Å². The van der Waals surface area contributed by atoms with Gasteiger partial charge in [-0.2, -0.15) is 8.42 Å². The van der Waals surface area contributed by atoms with Crippen LogP contribution in [-0.4, -0.2) is 21.4 Å². The molecule has 0 spiro atoms. The van der Waals surface area contributed by atoms with Gasteiger partial charge in [0, 0.05) is 16.3 Å². The fourth-order valence-electron chi connectivity index (χ4n) is 7.03. The van der Waals surface area contributed by atoms with E-state index in [9.17, 15) is 21.4 Å². The molecule has 0 atom stereocenters. The van der Waals surface area contributed by atoms with Crippen LogP contribution < -0.4 is 4.18 Å². The van der Waals surface area contributed by atoms with E-state index in [1.54, 1.807) is 18.2 Å².